The molecule has 0 spiro atoms. The number of halogens is 1. The third kappa shape index (κ3) is 5.01. The molecule has 3 fully saturated rings. The first kappa shape index (κ1) is 36.1. The van der Waals surface area contributed by atoms with Gasteiger partial charge in [0.2, 0.25) is 23.6 Å². The number of phenols is 1. The van der Waals surface area contributed by atoms with E-state index in [9.17, 15) is 24.3 Å². The van der Waals surface area contributed by atoms with Gasteiger partial charge in [-0.15, -0.1) is 11.3 Å². The summed E-state index contributed by atoms with van der Waals surface area (Å²) >= 11 is 7.87. The lowest BCUT2D eigenvalue weighted by Gasteiger charge is -2.49. The zero-order chi connectivity index (χ0) is 39.5. The topological polar surface area (TPSA) is 139 Å². The van der Waals surface area contributed by atoms with E-state index in [-0.39, 0.29) is 41.9 Å². The second kappa shape index (κ2) is 12.7. The van der Waals surface area contributed by atoms with Gasteiger partial charge in [0.1, 0.15) is 11.5 Å². The lowest BCUT2D eigenvalue weighted by Crippen LogP contribution is -2.48. The summed E-state index contributed by atoms with van der Waals surface area (Å²) in [6.07, 6.45) is 2.42. The molecule has 6 atom stereocenters. The van der Waals surface area contributed by atoms with E-state index in [2.05, 4.69) is 0 Å². The molecule has 2 aromatic heterocycles. The second-order valence-electron chi connectivity index (χ2n) is 15.4. The number of Topliss-reactive ketones (excluding diaryl/α,β-unsaturated/α-hetero) is 1. The number of carbonyl (C=O) groups excluding carboxylic acids is 5. The summed E-state index contributed by atoms with van der Waals surface area (Å²) in [7, 11) is 3.15. The summed E-state index contributed by atoms with van der Waals surface area (Å²) < 4.78 is 8.09. The number of ketones is 1. The predicted molar refractivity (Wildman–Crippen MR) is 212 cm³/mol. The molecule has 2 aliphatic heterocycles. The van der Waals surface area contributed by atoms with Gasteiger partial charge in [0.05, 0.1) is 40.8 Å². The number of hydrogen-bond acceptors (Lipinski definition) is 9. The number of anilines is 2. The molecule has 284 valence electrons. The van der Waals surface area contributed by atoms with E-state index in [1.165, 1.54) is 29.9 Å². The summed E-state index contributed by atoms with van der Waals surface area (Å²) in [5.41, 5.74) is 2.59. The maximum absolute atomic E-state index is 15.1. The van der Waals surface area contributed by atoms with Crippen molar-refractivity contribution in [1.29, 1.82) is 0 Å². The summed E-state index contributed by atoms with van der Waals surface area (Å²) in [6.45, 7) is 5.26. The summed E-state index contributed by atoms with van der Waals surface area (Å²) in [5.74, 6) is -4.73. The molecule has 1 N–H and O–H groups in total. The number of imide groups is 2. The maximum Gasteiger partial charge on any atom is 0.242 e. The van der Waals surface area contributed by atoms with E-state index in [0.29, 0.717) is 33.3 Å². The van der Waals surface area contributed by atoms with Gasteiger partial charge < -0.3 is 9.84 Å². The third-order valence-corrected chi connectivity index (χ3v) is 14.1. The average molecular weight is 789 g/mol. The highest BCUT2D eigenvalue weighted by Gasteiger charge is 2.68. The number of aromatic nitrogens is 2. The van der Waals surface area contributed by atoms with Crippen molar-refractivity contribution in [3.63, 3.8) is 0 Å². The summed E-state index contributed by atoms with van der Waals surface area (Å²) in [6, 6.07) is 18.8. The standard InChI is InChI=1S/C43H37ClN4O7S/c1-20-28-17-24(44)9-15-34(28)56-38(20)31-19-35(46(4)45-31)48-40(52)30-18-29-26(37(43(30,3)42(48)54)23-8-14-32(50)33(16-23)55-5)12-13-27-36(29)41(53)47(39(27)51)25-10-6-22(7-11-25)21(2)49/h6-12,14-17,19,27,29-30,36-37,50H,13,18H2,1-5H3. The first-order valence-electron chi connectivity index (χ1n) is 18.4. The van der Waals surface area contributed by atoms with Gasteiger partial charge in [-0.05, 0) is 111 Å². The Labute approximate surface area is 331 Å². The van der Waals surface area contributed by atoms with Crippen LogP contribution in [0.15, 0.2) is 78.4 Å². The van der Waals surface area contributed by atoms with Crippen LogP contribution < -0.4 is 14.5 Å². The number of hydrogen-bond donors (Lipinski definition) is 1. The van der Waals surface area contributed by atoms with Gasteiger partial charge in [-0.2, -0.15) is 5.10 Å². The number of aryl methyl sites for hydroxylation is 2. The van der Waals surface area contributed by atoms with Gasteiger partial charge in [-0.25, -0.2) is 4.90 Å². The molecule has 56 heavy (non-hydrogen) atoms. The summed E-state index contributed by atoms with van der Waals surface area (Å²) in [5, 5.41) is 17.0. The van der Waals surface area contributed by atoms with Crippen LogP contribution in [-0.4, -0.2) is 51.4 Å². The van der Waals surface area contributed by atoms with Gasteiger partial charge in [-0.3, -0.25) is 33.6 Å². The van der Waals surface area contributed by atoms with Gasteiger partial charge in [0.25, 0.3) is 0 Å². The van der Waals surface area contributed by atoms with E-state index < -0.39 is 46.8 Å². The van der Waals surface area contributed by atoms with Crippen molar-refractivity contribution in [2.75, 3.05) is 16.9 Å². The highest BCUT2D eigenvalue weighted by atomic mass is 35.5. The van der Waals surface area contributed by atoms with Crippen molar-refractivity contribution in [2.24, 2.45) is 36.1 Å². The number of amides is 4. The zero-order valence-electron chi connectivity index (χ0n) is 31.2. The van der Waals surface area contributed by atoms with Crippen molar-refractivity contribution in [1.82, 2.24) is 9.78 Å². The highest BCUT2D eigenvalue weighted by molar-refractivity contribution is 7.22. The smallest absolute Gasteiger partial charge is 0.242 e. The van der Waals surface area contributed by atoms with Crippen molar-refractivity contribution in [3.8, 4) is 22.1 Å². The number of allylic oxidation sites excluding steroid dienone is 2. The SMILES string of the molecule is COc1cc(C2C3=CCC4C(=O)N(c5ccc(C(C)=O)cc5)C(=O)C4C3CC3C(=O)N(c4cc(-c5sc6ccc(Cl)cc6c5C)nn4C)C(=O)C32C)ccc1O. The molecule has 4 heterocycles. The molecule has 2 aliphatic carbocycles. The molecular weight excluding hydrogens is 752 g/mol. The van der Waals surface area contributed by atoms with Gasteiger partial charge >= 0.3 is 0 Å². The molecule has 0 bridgehead atoms. The zero-order valence-corrected chi connectivity index (χ0v) is 32.8. The maximum atomic E-state index is 15.1. The quantitative estimate of drug-likeness (QED) is 0.105. The van der Waals surface area contributed by atoms with Crippen LogP contribution in [0.1, 0.15) is 54.1 Å². The normalized spacial score (nSPS) is 25.8. The molecule has 6 unspecified atom stereocenters. The number of carbonyl (C=O) groups is 5. The first-order valence-corrected chi connectivity index (χ1v) is 19.6. The van der Waals surface area contributed by atoms with Crippen LogP contribution in [0.25, 0.3) is 20.7 Å². The molecule has 11 nitrogen and oxygen atoms in total. The molecule has 9 rings (SSSR count). The Hall–Kier alpha value is -5.59. The number of rotatable bonds is 6. The van der Waals surface area contributed by atoms with Crippen molar-refractivity contribution in [3.05, 3.63) is 100 Å². The predicted octanol–water partition coefficient (Wildman–Crippen LogP) is 7.62. The fourth-order valence-corrected chi connectivity index (χ4v) is 11.1. The van der Waals surface area contributed by atoms with Crippen LogP contribution in [0.4, 0.5) is 11.5 Å². The average Bonchev–Trinajstić information content (AvgIpc) is 3.85. The Morgan fingerprint density at radius 3 is 2.43 bits per heavy atom. The van der Waals surface area contributed by atoms with Crippen molar-refractivity contribution < 1.29 is 33.8 Å². The minimum atomic E-state index is -1.31. The number of thiophene rings is 1. The molecule has 13 heteroatoms. The van der Waals surface area contributed by atoms with E-state index in [1.807, 2.05) is 38.1 Å². The molecule has 5 aromatic rings. The Morgan fingerprint density at radius 2 is 1.71 bits per heavy atom. The Balaban J connectivity index is 1.14. The van der Waals surface area contributed by atoms with Crippen LogP contribution >= 0.6 is 22.9 Å². The molecule has 2 saturated heterocycles. The monoisotopic (exact) mass is 788 g/mol. The van der Waals surface area contributed by atoms with Crippen LogP contribution in [0.5, 0.6) is 11.5 Å². The minimum absolute atomic E-state index is 0.0809. The molecule has 4 aliphatic rings. The van der Waals surface area contributed by atoms with Crippen molar-refractivity contribution in [2.45, 2.75) is 39.5 Å². The Morgan fingerprint density at radius 1 is 0.964 bits per heavy atom. The number of ether oxygens (including phenoxy) is 1. The van der Waals surface area contributed by atoms with Crippen molar-refractivity contribution >= 4 is 73.9 Å². The first-order chi connectivity index (χ1) is 26.7. The number of nitrogens with zero attached hydrogens (tertiary/aromatic N) is 4. The van der Waals surface area contributed by atoms with Gasteiger partial charge in [0, 0.05) is 34.3 Å². The van der Waals surface area contributed by atoms with Crippen LogP contribution in [-0.2, 0) is 26.2 Å². The Bertz CT molecular complexity index is 2610. The third-order valence-electron chi connectivity index (χ3n) is 12.6. The lowest BCUT2D eigenvalue weighted by atomic mass is 9.51. The van der Waals surface area contributed by atoms with E-state index in [0.717, 1.165) is 26.1 Å². The molecular formula is C43H37ClN4O7S. The van der Waals surface area contributed by atoms with E-state index in [1.54, 1.807) is 65.5 Å². The van der Waals surface area contributed by atoms with Gasteiger partial charge in [-0.1, -0.05) is 29.3 Å². The fourth-order valence-electron chi connectivity index (χ4n) is 9.80. The number of fused-ring (bicyclic) bond motifs is 5. The number of methoxy groups -OCH3 is 1. The fraction of sp³-hybridized carbons (Fsp3) is 0.302. The van der Waals surface area contributed by atoms with E-state index >= 15 is 4.79 Å². The highest BCUT2D eigenvalue weighted by Crippen LogP contribution is 2.64. The molecule has 4 amide bonds. The van der Waals surface area contributed by atoms with Gasteiger partial charge in [0.15, 0.2) is 17.3 Å². The number of benzene rings is 3. The summed E-state index contributed by atoms with van der Waals surface area (Å²) in [4.78, 5) is 73.9. The molecule has 1 saturated carbocycles. The second-order valence-corrected chi connectivity index (χ2v) is 16.9. The van der Waals surface area contributed by atoms with Crippen LogP contribution in [0, 0.1) is 36.0 Å². The minimum Gasteiger partial charge on any atom is -0.504 e. The van der Waals surface area contributed by atoms with Crippen LogP contribution in [0.3, 0.4) is 0 Å². The number of aromatic hydroxyl groups is 1. The largest absolute Gasteiger partial charge is 0.504 e. The van der Waals surface area contributed by atoms with E-state index in [4.69, 9.17) is 21.4 Å². The van der Waals surface area contributed by atoms with Crippen LogP contribution in [0.2, 0.25) is 5.02 Å². The molecule has 3 aromatic carbocycles. The Kier molecular flexibility index (Phi) is 8.19. The molecule has 0 radical (unpaired) electrons. The lowest BCUT2D eigenvalue weighted by molar-refractivity contribution is -0.131. The number of phenolic OH excluding ortho intramolecular Hbond substituents is 1.